The molecule has 0 bridgehead atoms. The minimum atomic E-state index is 0.718. The summed E-state index contributed by atoms with van der Waals surface area (Å²) in [6.07, 6.45) is 7.30. The van der Waals surface area contributed by atoms with Gasteiger partial charge in [-0.1, -0.05) is 12.6 Å². The van der Waals surface area contributed by atoms with Crippen molar-refractivity contribution in [2.75, 3.05) is 19.4 Å². The predicted molar refractivity (Wildman–Crippen MR) is 114 cm³/mol. The van der Waals surface area contributed by atoms with Gasteiger partial charge in [0.05, 0.1) is 23.1 Å². The summed E-state index contributed by atoms with van der Waals surface area (Å²) in [5, 5.41) is 11.8. The highest BCUT2D eigenvalue weighted by Crippen LogP contribution is 2.28. The van der Waals surface area contributed by atoms with Gasteiger partial charge in [-0.05, 0) is 55.6 Å². The number of benzene rings is 1. The first kappa shape index (κ1) is 17.9. The van der Waals surface area contributed by atoms with E-state index in [0.717, 1.165) is 45.7 Å². The maximum absolute atomic E-state index is 4.45. The molecule has 0 atom stereocenters. The summed E-state index contributed by atoms with van der Waals surface area (Å²) >= 11 is 0. The Morgan fingerprint density at radius 1 is 1.07 bits per heavy atom. The van der Waals surface area contributed by atoms with Crippen LogP contribution < -0.4 is 5.32 Å². The Labute approximate surface area is 164 Å². The zero-order valence-electron chi connectivity index (χ0n) is 16.0. The van der Waals surface area contributed by atoms with Gasteiger partial charge in [-0.25, -0.2) is 0 Å². The number of fused-ring (bicyclic) bond motifs is 1. The first-order chi connectivity index (χ1) is 13.6. The van der Waals surface area contributed by atoms with Crippen LogP contribution in [-0.2, 0) is 6.54 Å². The molecule has 0 spiro atoms. The summed E-state index contributed by atoms with van der Waals surface area (Å²) in [4.78, 5) is 10.7. The lowest BCUT2D eigenvalue weighted by molar-refractivity contribution is 0.402. The predicted octanol–water partition coefficient (Wildman–Crippen LogP) is 4.16. The van der Waals surface area contributed by atoms with Gasteiger partial charge in [0.2, 0.25) is 0 Å². The molecule has 0 aliphatic rings. The summed E-state index contributed by atoms with van der Waals surface area (Å²) in [6.45, 7) is 5.01. The molecule has 140 valence electrons. The highest BCUT2D eigenvalue weighted by molar-refractivity contribution is 5.94. The van der Waals surface area contributed by atoms with Crippen LogP contribution in [0.25, 0.3) is 27.7 Å². The lowest BCUT2D eigenvalue weighted by Crippen LogP contribution is -2.10. The Hall–Kier alpha value is -3.51. The third-order valence-corrected chi connectivity index (χ3v) is 4.43. The molecule has 3 heterocycles. The van der Waals surface area contributed by atoms with Crippen molar-refractivity contribution in [1.82, 2.24) is 25.1 Å². The molecule has 4 rings (SSSR count). The van der Waals surface area contributed by atoms with Crippen molar-refractivity contribution in [2.45, 2.75) is 6.54 Å². The molecule has 1 aromatic carbocycles. The van der Waals surface area contributed by atoms with E-state index in [9.17, 15) is 0 Å². The fraction of sp³-hybridized carbons (Fsp3) is 0.136. The maximum atomic E-state index is 4.45. The van der Waals surface area contributed by atoms with Gasteiger partial charge in [-0.3, -0.25) is 15.1 Å². The van der Waals surface area contributed by atoms with Crippen LogP contribution in [0.5, 0.6) is 0 Å². The van der Waals surface area contributed by atoms with Gasteiger partial charge in [0.15, 0.2) is 0 Å². The van der Waals surface area contributed by atoms with Crippen molar-refractivity contribution >= 4 is 22.3 Å². The van der Waals surface area contributed by atoms with E-state index in [-0.39, 0.29) is 0 Å². The monoisotopic (exact) mass is 370 g/mol. The van der Waals surface area contributed by atoms with Gasteiger partial charge in [-0.15, -0.1) is 0 Å². The number of nitrogens with one attached hydrogen (secondary N) is 2. The van der Waals surface area contributed by atoms with E-state index in [2.05, 4.69) is 69.3 Å². The first-order valence-electron chi connectivity index (χ1n) is 9.03. The van der Waals surface area contributed by atoms with E-state index < -0.39 is 0 Å². The number of rotatable bonds is 6. The lowest BCUT2D eigenvalue weighted by Gasteiger charge is -2.11. The number of H-pyrrole nitrogens is 1. The van der Waals surface area contributed by atoms with Crippen LogP contribution in [0.2, 0.25) is 0 Å². The van der Waals surface area contributed by atoms with Crippen LogP contribution in [0.3, 0.4) is 0 Å². The van der Waals surface area contributed by atoms with Crippen molar-refractivity contribution in [1.29, 1.82) is 0 Å². The van der Waals surface area contributed by atoms with E-state index in [0.29, 0.717) is 0 Å². The maximum Gasteiger partial charge on any atom is 0.116 e. The zero-order chi connectivity index (χ0) is 19.5. The number of anilines is 1. The molecule has 0 aliphatic carbocycles. The quantitative estimate of drug-likeness (QED) is 0.533. The second kappa shape index (κ2) is 7.62. The van der Waals surface area contributed by atoms with Crippen molar-refractivity contribution in [3.05, 3.63) is 79.0 Å². The highest BCUT2D eigenvalue weighted by Gasteiger charge is 2.11. The lowest BCUT2D eigenvalue weighted by atomic mass is 10.0. The summed E-state index contributed by atoms with van der Waals surface area (Å²) < 4.78 is 0. The smallest absolute Gasteiger partial charge is 0.116 e. The van der Waals surface area contributed by atoms with E-state index >= 15 is 0 Å². The minimum Gasteiger partial charge on any atom is -0.353 e. The Bertz CT molecular complexity index is 1110. The molecule has 0 radical (unpaired) electrons. The molecule has 4 aromatic rings. The van der Waals surface area contributed by atoms with Crippen molar-refractivity contribution in [2.24, 2.45) is 0 Å². The third kappa shape index (κ3) is 3.77. The normalized spacial score (nSPS) is 11.1. The van der Waals surface area contributed by atoms with Gasteiger partial charge in [0.1, 0.15) is 5.69 Å². The summed E-state index contributed by atoms with van der Waals surface area (Å²) in [6, 6.07) is 12.2. The second-order valence-corrected chi connectivity index (χ2v) is 7.00. The van der Waals surface area contributed by atoms with E-state index in [4.69, 9.17) is 0 Å². The van der Waals surface area contributed by atoms with Crippen molar-refractivity contribution < 1.29 is 0 Å². The molecule has 0 aliphatic heterocycles. The molecule has 0 saturated heterocycles. The average Bonchev–Trinajstić information content (AvgIpc) is 3.12. The fourth-order valence-electron chi connectivity index (χ4n) is 3.19. The van der Waals surface area contributed by atoms with Gasteiger partial charge in [-0.2, -0.15) is 5.10 Å². The fourth-order valence-corrected chi connectivity index (χ4v) is 3.19. The molecule has 0 amide bonds. The largest absolute Gasteiger partial charge is 0.353 e. The van der Waals surface area contributed by atoms with Gasteiger partial charge in [0.25, 0.3) is 0 Å². The molecule has 0 saturated carbocycles. The van der Waals surface area contributed by atoms with Crippen LogP contribution >= 0.6 is 0 Å². The molecule has 28 heavy (non-hydrogen) atoms. The number of pyridine rings is 2. The van der Waals surface area contributed by atoms with Crippen LogP contribution in [0.15, 0.2) is 67.8 Å². The molecule has 6 nitrogen and oxygen atoms in total. The molecule has 0 unspecified atom stereocenters. The average molecular weight is 370 g/mol. The van der Waals surface area contributed by atoms with E-state index in [1.54, 1.807) is 12.4 Å². The number of hydrogen-bond acceptors (Lipinski definition) is 5. The van der Waals surface area contributed by atoms with Crippen LogP contribution in [0, 0.1) is 0 Å². The SMILES string of the molecule is C=C(Nc1cccnc1)c1n[nH]c2ccc(-c3cncc(CN(C)C)c3)cc12. The summed E-state index contributed by atoms with van der Waals surface area (Å²) in [7, 11) is 4.11. The van der Waals surface area contributed by atoms with Crippen molar-refractivity contribution in [3.8, 4) is 11.1 Å². The number of aromatic amines is 1. The Balaban J connectivity index is 1.67. The molecular weight excluding hydrogens is 348 g/mol. The van der Waals surface area contributed by atoms with Gasteiger partial charge >= 0.3 is 0 Å². The molecule has 0 fully saturated rings. The molecular formula is C22H22N6. The standard InChI is InChI=1S/C22H22N6/c1-15(25-19-5-4-8-23-13-19)22-20-10-17(6-7-21(20)26-27-22)18-9-16(11-24-12-18)14-28(2)3/h4-13,25H,1,14H2,2-3H3,(H,26,27). The molecule has 3 aromatic heterocycles. The van der Waals surface area contributed by atoms with Crippen LogP contribution in [0.1, 0.15) is 11.3 Å². The minimum absolute atomic E-state index is 0.718. The van der Waals surface area contributed by atoms with Gasteiger partial charge < -0.3 is 10.2 Å². The van der Waals surface area contributed by atoms with E-state index in [1.807, 2.05) is 30.6 Å². The van der Waals surface area contributed by atoms with E-state index in [1.165, 1.54) is 5.56 Å². The Morgan fingerprint density at radius 3 is 2.75 bits per heavy atom. The number of nitrogens with zero attached hydrogens (tertiary/aromatic N) is 4. The zero-order valence-corrected chi connectivity index (χ0v) is 16.0. The van der Waals surface area contributed by atoms with Crippen LogP contribution in [-0.4, -0.2) is 39.2 Å². The number of aromatic nitrogens is 4. The van der Waals surface area contributed by atoms with Crippen LogP contribution in [0.4, 0.5) is 5.69 Å². The third-order valence-electron chi connectivity index (χ3n) is 4.43. The summed E-state index contributed by atoms with van der Waals surface area (Å²) in [5.74, 6) is 0. The van der Waals surface area contributed by atoms with Gasteiger partial charge in [0, 0.05) is 36.1 Å². The Kier molecular flexibility index (Phi) is 4.87. The first-order valence-corrected chi connectivity index (χ1v) is 9.03. The molecule has 2 N–H and O–H groups in total. The molecule has 6 heteroatoms. The summed E-state index contributed by atoms with van der Waals surface area (Å²) in [5.41, 5.74) is 6.70. The van der Waals surface area contributed by atoms with Crippen molar-refractivity contribution in [3.63, 3.8) is 0 Å². The second-order valence-electron chi connectivity index (χ2n) is 7.00. The Morgan fingerprint density at radius 2 is 1.96 bits per heavy atom. The highest BCUT2D eigenvalue weighted by atomic mass is 15.1. The topological polar surface area (TPSA) is 69.7 Å². The number of hydrogen-bond donors (Lipinski definition) is 2.